The SMILES string of the molecule is Oc1ccccc1Oc1c(Cl)c(Cl)nc(Cl)c1Cl. The Kier molecular flexibility index (Phi) is 4.07. The topological polar surface area (TPSA) is 42.4 Å². The lowest BCUT2D eigenvalue weighted by Crippen LogP contribution is -1.91. The van der Waals surface area contributed by atoms with Gasteiger partial charge in [-0.15, -0.1) is 0 Å². The monoisotopic (exact) mass is 323 g/mol. The highest BCUT2D eigenvalue weighted by Crippen LogP contribution is 2.44. The summed E-state index contributed by atoms with van der Waals surface area (Å²) in [5.74, 6) is 0.165. The quantitative estimate of drug-likeness (QED) is 0.773. The van der Waals surface area contributed by atoms with Crippen LogP contribution in [-0.4, -0.2) is 10.1 Å². The van der Waals surface area contributed by atoms with Crippen molar-refractivity contribution in [2.45, 2.75) is 0 Å². The lowest BCUT2D eigenvalue weighted by Gasteiger charge is -2.11. The fraction of sp³-hybridized carbons (Fsp3) is 0. The molecule has 1 heterocycles. The van der Waals surface area contributed by atoms with E-state index < -0.39 is 0 Å². The number of hydrogen-bond donors (Lipinski definition) is 1. The molecule has 3 nitrogen and oxygen atoms in total. The van der Waals surface area contributed by atoms with Gasteiger partial charge in [-0.1, -0.05) is 58.5 Å². The van der Waals surface area contributed by atoms with E-state index in [1.54, 1.807) is 18.2 Å². The Morgan fingerprint density at radius 3 is 2.06 bits per heavy atom. The molecule has 0 fully saturated rings. The minimum Gasteiger partial charge on any atom is -0.504 e. The summed E-state index contributed by atoms with van der Waals surface area (Å²) in [6.45, 7) is 0. The van der Waals surface area contributed by atoms with Crippen LogP contribution in [0.25, 0.3) is 0 Å². The van der Waals surface area contributed by atoms with Crippen LogP contribution in [0.2, 0.25) is 20.4 Å². The minimum absolute atomic E-state index is 0.0225. The third-order valence-corrected chi connectivity index (χ3v) is 3.48. The molecule has 2 aromatic rings. The molecule has 0 unspecified atom stereocenters. The summed E-state index contributed by atoms with van der Waals surface area (Å²) in [5.41, 5.74) is 0. The molecule has 18 heavy (non-hydrogen) atoms. The van der Waals surface area contributed by atoms with Gasteiger partial charge in [0.1, 0.15) is 10.0 Å². The summed E-state index contributed by atoms with van der Waals surface area (Å²) in [4.78, 5) is 3.72. The smallest absolute Gasteiger partial charge is 0.171 e. The van der Waals surface area contributed by atoms with Crippen molar-refractivity contribution < 1.29 is 9.84 Å². The summed E-state index contributed by atoms with van der Waals surface area (Å²) in [6, 6.07) is 6.34. The number of pyridine rings is 1. The average molecular weight is 325 g/mol. The molecule has 0 bridgehead atoms. The van der Waals surface area contributed by atoms with Crippen molar-refractivity contribution in [1.29, 1.82) is 0 Å². The van der Waals surface area contributed by atoms with Gasteiger partial charge < -0.3 is 9.84 Å². The molecule has 0 saturated heterocycles. The molecule has 0 spiro atoms. The lowest BCUT2D eigenvalue weighted by molar-refractivity contribution is 0.411. The Morgan fingerprint density at radius 1 is 0.944 bits per heavy atom. The zero-order chi connectivity index (χ0) is 13.3. The van der Waals surface area contributed by atoms with Gasteiger partial charge in [0, 0.05) is 0 Å². The van der Waals surface area contributed by atoms with Gasteiger partial charge in [0.2, 0.25) is 0 Å². The van der Waals surface area contributed by atoms with E-state index in [-0.39, 0.29) is 37.6 Å². The van der Waals surface area contributed by atoms with Crippen LogP contribution in [0.3, 0.4) is 0 Å². The predicted octanol–water partition coefficient (Wildman–Crippen LogP) is 5.19. The highest BCUT2D eigenvalue weighted by atomic mass is 35.5. The lowest BCUT2D eigenvalue weighted by atomic mass is 10.3. The minimum atomic E-state index is -0.0614. The van der Waals surface area contributed by atoms with Crippen molar-refractivity contribution in [2.75, 3.05) is 0 Å². The molecular weight excluding hydrogens is 320 g/mol. The van der Waals surface area contributed by atoms with Gasteiger partial charge in [0.05, 0.1) is 0 Å². The van der Waals surface area contributed by atoms with Gasteiger partial charge in [-0.3, -0.25) is 0 Å². The fourth-order valence-corrected chi connectivity index (χ4v) is 1.99. The second kappa shape index (κ2) is 5.41. The number of phenols is 1. The molecule has 1 aromatic carbocycles. The summed E-state index contributed by atoms with van der Waals surface area (Å²) >= 11 is 23.4. The summed E-state index contributed by atoms with van der Waals surface area (Å²) in [7, 11) is 0. The van der Waals surface area contributed by atoms with E-state index in [0.717, 1.165) is 0 Å². The second-order valence-electron chi connectivity index (χ2n) is 3.22. The Labute approximate surface area is 123 Å². The first-order valence-electron chi connectivity index (χ1n) is 4.66. The van der Waals surface area contributed by atoms with Crippen LogP contribution in [-0.2, 0) is 0 Å². The maximum Gasteiger partial charge on any atom is 0.171 e. The second-order valence-corrected chi connectivity index (χ2v) is 4.69. The van der Waals surface area contributed by atoms with Crippen LogP contribution in [0.15, 0.2) is 24.3 Å². The van der Waals surface area contributed by atoms with Crippen LogP contribution in [0.4, 0.5) is 0 Å². The molecule has 0 saturated carbocycles. The highest BCUT2D eigenvalue weighted by molar-refractivity contribution is 6.47. The Bertz CT molecular complexity index is 578. The van der Waals surface area contributed by atoms with E-state index in [4.69, 9.17) is 51.1 Å². The maximum absolute atomic E-state index is 9.60. The first kappa shape index (κ1) is 13.6. The van der Waals surface area contributed by atoms with E-state index in [1.807, 2.05) is 0 Å². The van der Waals surface area contributed by atoms with Crippen LogP contribution in [0, 0.1) is 0 Å². The van der Waals surface area contributed by atoms with Crippen molar-refractivity contribution in [3.63, 3.8) is 0 Å². The first-order valence-corrected chi connectivity index (χ1v) is 6.17. The molecule has 0 radical (unpaired) electrons. The molecule has 2 rings (SSSR count). The molecule has 0 aliphatic heterocycles. The predicted molar refractivity (Wildman–Crippen MR) is 72.5 cm³/mol. The maximum atomic E-state index is 9.60. The van der Waals surface area contributed by atoms with Crippen molar-refractivity contribution in [1.82, 2.24) is 4.98 Å². The van der Waals surface area contributed by atoms with Gasteiger partial charge >= 0.3 is 0 Å². The molecule has 0 aliphatic rings. The van der Waals surface area contributed by atoms with Gasteiger partial charge in [-0.2, -0.15) is 0 Å². The molecule has 1 aromatic heterocycles. The van der Waals surface area contributed by atoms with Crippen LogP contribution in [0.5, 0.6) is 17.2 Å². The largest absolute Gasteiger partial charge is 0.504 e. The number of halogens is 4. The highest BCUT2D eigenvalue weighted by Gasteiger charge is 2.18. The third-order valence-electron chi connectivity index (χ3n) is 2.03. The van der Waals surface area contributed by atoms with Gasteiger partial charge in [-0.25, -0.2) is 4.98 Å². The molecule has 94 valence electrons. The standard InChI is InChI=1S/C11H5Cl4NO2/c12-7-9(8(13)11(15)16-10(7)14)18-6-4-2-1-3-5(6)17/h1-4,17H. The number of benzene rings is 1. The van der Waals surface area contributed by atoms with E-state index >= 15 is 0 Å². The van der Waals surface area contributed by atoms with Crippen LogP contribution < -0.4 is 4.74 Å². The van der Waals surface area contributed by atoms with E-state index in [2.05, 4.69) is 4.98 Å². The van der Waals surface area contributed by atoms with Crippen LogP contribution >= 0.6 is 46.4 Å². The number of hydrogen-bond acceptors (Lipinski definition) is 3. The van der Waals surface area contributed by atoms with E-state index in [0.29, 0.717) is 0 Å². The number of aromatic nitrogens is 1. The van der Waals surface area contributed by atoms with E-state index in [9.17, 15) is 5.11 Å². The first-order chi connectivity index (χ1) is 8.50. The number of rotatable bonds is 2. The van der Waals surface area contributed by atoms with E-state index in [1.165, 1.54) is 6.07 Å². The molecule has 7 heteroatoms. The molecule has 0 amide bonds. The summed E-state index contributed by atoms with van der Waals surface area (Å²) in [6.07, 6.45) is 0. The number of nitrogens with zero attached hydrogens (tertiary/aromatic N) is 1. The van der Waals surface area contributed by atoms with Crippen molar-refractivity contribution in [3.05, 3.63) is 44.6 Å². The Balaban J connectivity index is 2.50. The van der Waals surface area contributed by atoms with Crippen molar-refractivity contribution in [2.24, 2.45) is 0 Å². The van der Waals surface area contributed by atoms with Gasteiger partial charge in [0.25, 0.3) is 0 Å². The molecular formula is C11H5Cl4NO2. The normalized spacial score (nSPS) is 10.4. The van der Waals surface area contributed by atoms with Gasteiger partial charge in [-0.05, 0) is 12.1 Å². The van der Waals surface area contributed by atoms with Crippen molar-refractivity contribution in [3.8, 4) is 17.2 Å². The van der Waals surface area contributed by atoms with Gasteiger partial charge in [0.15, 0.2) is 27.6 Å². The van der Waals surface area contributed by atoms with Crippen molar-refractivity contribution >= 4 is 46.4 Å². The summed E-state index contributed by atoms with van der Waals surface area (Å²) < 4.78 is 5.41. The number of aromatic hydroxyl groups is 1. The number of phenolic OH excluding ortho intramolecular Hbond substituents is 1. The fourth-order valence-electron chi connectivity index (χ4n) is 1.21. The Hall–Kier alpha value is -0.870. The molecule has 1 N–H and O–H groups in total. The number of para-hydroxylation sites is 2. The summed E-state index contributed by atoms with van der Waals surface area (Å²) in [5, 5.41) is 9.58. The number of ether oxygens (including phenoxy) is 1. The average Bonchev–Trinajstić information content (AvgIpc) is 2.34. The molecule has 0 atom stereocenters. The third kappa shape index (κ3) is 2.59. The molecule has 0 aliphatic carbocycles. The van der Waals surface area contributed by atoms with Crippen LogP contribution in [0.1, 0.15) is 0 Å². The zero-order valence-corrected chi connectivity index (χ0v) is 11.6. The zero-order valence-electron chi connectivity index (χ0n) is 8.62. The Morgan fingerprint density at radius 2 is 1.50 bits per heavy atom.